The number of carbonyl (C=O) groups is 3. The van der Waals surface area contributed by atoms with Gasteiger partial charge in [0.05, 0.1) is 16.1 Å². The van der Waals surface area contributed by atoms with Gasteiger partial charge in [0.1, 0.15) is 0 Å². The van der Waals surface area contributed by atoms with Gasteiger partial charge in [-0.1, -0.05) is 60.7 Å². The van der Waals surface area contributed by atoms with E-state index in [-0.39, 0.29) is 22.4 Å². The van der Waals surface area contributed by atoms with Crippen molar-refractivity contribution in [2.45, 2.75) is 0 Å². The number of ether oxygens (including phenoxy) is 1. The molecule has 0 aromatic heterocycles. The second kappa shape index (κ2) is 10.9. The summed E-state index contributed by atoms with van der Waals surface area (Å²) >= 11 is 0. The first-order valence-electron chi connectivity index (χ1n) is 10.9. The lowest BCUT2D eigenvalue weighted by molar-refractivity contribution is -0.384. The van der Waals surface area contributed by atoms with Crippen molar-refractivity contribution in [3.05, 3.63) is 136 Å². The Morgan fingerprint density at radius 1 is 0.722 bits per heavy atom. The number of rotatable bonds is 8. The van der Waals surface area contributed by atoms with Gasteiger partial charge in [-0.2, -0.15) is 0 Å². The van der Waals surface area contributed by atoms with E-state index < -0.39 is 29.2 Å². The molecular weight excluding hydrogens is 460 g/mol. The fraction of sp³-hybridized carbons (Fsp3) is 0.0357. The van der Waals surface area contributed by atoms with Gasteiger partial charge in [-0.05, 0) is 36.4 Å². The zero-order chi connectivity index (χ0) is 25.5. The zero-order valence-corrected chi connectivity index (χ0v) is 18.9. The molecule has 1 amide bonds. The maximum atomic E-state index is 13.7. The number of carbonyl (C=O) groups excluding carboxylic acids is 3. The predicted molar refractivity (Wildman–Crippen MR) is 134 cm³/mol. The van der Waals surface area contributed by atoms with Crippen molar-refractivity contribution in [3.63, 3.8) is 0 Å². The number of amides is 1. The molecule has 0 heterocycles. The van der Waals surface area contributed by atoms with Gasteiger partial charge in [0.15, 0.2) is 6.61 Å². The number of hydrogen-bond acceptors (Lipinski definition) is 6. The van der Waals surface area contributed by atoms with Gasteiger partial charge in [0.25, 0.3) is 11.6 Å². The molecule has 0 aliphatic rings. The van der Waals surface area contributed by atoms with Gasteiger partial charge in [-0.15, -0.1) is 0 Å². The molecule has 0 spiro atoms. The first kappa shape index (κ1) is 24.0. The summed E-state index contributed by atoms with van der Waals surface area (Å²) in [5, 5.41) is 11.0. The van der Waals surface area contributed by atoms with Crippen LogP contribution in [-0.2, 0) is 4.74 Å². The lowest BCUT2D eigenvalue weighted by Crippen LogP contribution is -2.28. The Labute approximate surface area is 206 Å². The fourth-order valence-electron chi connectivity index (χ4n) is 3.59. The number of para-hydroxylation sites is 2. The number of anilines is 2. The molecule has 8 nitrogen and oxygen atoms in total. The topological polar surface area (TPSA) is 107 Å². The molecular formula is C28H20N2O6. The van der Waals surface area contributed by atoms with Crippen molar-refractivity contribution >= 4 is 34.7 Å². The number of nitro benzene ring substituents is 1. The summed E-state index contributed by atoms with van der Waals surface area (Å²) in [4.78, 5) is 51.0. The van der Waals surface area contributed by atoms with Crippen molar-refractivity contribution in [2.75, 3.05) is 11.5 Å². The van der Waals surface area contributed by atoms with Crippen molar-refractivity contribution in [2.24, 2.45) is 0 Å². The summed E-state index contributed by atoms with van der Waals surface area (Å²) in [5.74, 6) is -1.92. The van der Waals surface area contributed by atoms with Crippen LogP contribution in [0.25, 0.3) is 0 Å². The highest BCUT2D eigenvalue weighted by atomic mass is 16.6. The SMILES string of the molecule is O=C(COC(=O)c1ccccc1C(=O)N(c1ccccc1)c1ccccc1)c1cccc([N+](=O)[O-])c1. The second-order valence-electron chi connectivity index (χ2n) is 7.66. The number of non-ortho nitro benzene ring substituents is 1. The van der Waals surface area contributed by atoms with Crippen LogP contribution in [0.1, 0.15) is 31.1 Å². The van der Waals surface area contributed by atoms with E-state index in [1.165, 1.54) is 35.2 Å². The second-order valence-corrected chi connectivity index (χ2v) is 7.66. The minimum Gasteiger partial charge on any atom is -0.454 e. The highest BCUT2D eigenvalue weighted by Gasteiger charge is 2.25. The number of ketones is 1. The molecule has 4 aromatic carbocycles. The Balaban J connectivity index is 1.59. The lowest BCUT2D eigenvalue weighted by atomic mass is 10.1. The van der Waals surface area contributed by atoms with Crippen LogP contribution in [0.4, 0.5) is 17.1 Å². The summed E-state index contributed by atoms with van der Waals surface area (Å²) in [6, 6.07) is 29.3. The normalized spacial score (nSPS) is 10.3. The maximum absolute atomic E-state index is 13.7. The number of hydrogen-bond donors (Lipinski definition) is 0. The quantitative estimate of drug-likeness (QED) is 0.140. The average molecular weight is 480 g/mol. The summed E-state index contributed by atoms with van der Waals surface area (Å²) in [5.41, 5.74) is 1.10. The molecule has 178 valence electrons. The molecule has 0 bridgehead atoms. The Hall–Kier alpha value is -5.11. The van der Waals surface area contributed by atoms with E-state index in [1.54, 1.807) is 60.7 Å². The number of esters is 1. The molecule has 36 heavy (non-hydrogen) atoms. The average Bonchev–Trinajstić information content (AvgIpc) is 2.93. The molecule has 8 heteroatoms. The van der Waals surface area contributed by atoms with Crippen LogP contribution in [-0.4, -0.2) is 29.2 Å². The molecule has 4 aromatic rings. The smallest absolute Gasteiger partial charge is 0.339 e. The van der Waals surface area contributed by atoms with Crippen LogP contribution in [0.15, 0.2) is 109 Å². The maximum Gasteiger partial charge on any atom is 0.339 e. The first-order chi connectivity index (χ1) is 17.5. The summed E-state index contributed by atoms with van der Waals surface area (Å²) in [6.45, 7) is -0.635. The minimum atomic E-state index is -0.862. The molecule has 0 atom stereocenters. The van der Waals surface area contributed by atoms with Crippen LogP contribution in [0, 0.1) is 10.1 Å². The van der Waals surface area contributed by atoms with Gasteiger partial charge >= 0.3 is 5.97 Å². The number of nitro groups is 1. The van der Waals surface area contributed by atoms with Crippen LogP contribution >= 0.6 is 0 Å². The molecule has 0 unspecified atom stereocenters. The molecule has 4 rings (SSSR count). The van der Waals surface area contributed by atoms with Gasteiger partial charge in [0.2, 0.25) is 5.78 Å². The molecule has 0 saturated carbocycles. The largest absolute Gasteiger partial charge is 0.454 e. The van der Waals surface area contributed by atoms with Crippen LogP contribution < -0.4 is 4.90 Å². The van der Waals surface area contributed by atoms with Crippen LogP contribution in [0.3, 0.4) is 0 Å². The van der Waals surface area contributed by atoms with Crippen molar-refractivity contribution in [3.8, 4) is 0 Å². The van der Waals surface area contributed by atoms with Gasteiger partial charge in [-0.3, -0.25) is 24.6 Å². The summed E-state index contributed by atoms with van der Waals surface area (Å²) < 4.78 is 5.20. The van der Waals surface area contributed by atoms with E-state index in [4.69, 9.17) is 4.74 Å². The Bertz CT molecular complexity index is 1380. The van der Waals surface area contributed by atoms with E-state index >= 15 is 0 Å². The standard InChI is InChI=1S/C28H20N2O6/c31-26(20-10-9-15-23(18-20)30(34)35)19-36-28(33)25-17-8-7-16-24(25)27(32)29(21-11-3-1-4-12-21)22-13-5-2-6-14-22/h1-18H,19H2. The molecule has 0 fully saturated rings. The number of benzene rings is 4. The predicted octanol–water partition coefficient (Wildman–Crippen LogP) is 5.61. The van der Waals surface area contributed by atoms with Crippen molar-refractivity contribution in [1.29, 1.82) is 0 Å². The highest BCUT2D eigenvalue weighted by Crippen LogP contribution is 2.28. The van der Waals surface area contributed by atoms with Crippen molar-refractivity contribution < 1.29 is 24.0 Å². The van der Waals surface area contributed by atoms with Gasteiger partial charge in [0, 0.05) is 29.1 Å². The number of nitrogens with zero attached hydrogens (tertiary/aromatic N) is 2. The first-order valence-corrected chi connectivity index (χ1v) is 10.9. The lowest BCUT2D eigenvalue weighted by Gasteiger charge is -2.24. The Morgan fingerprint density at radius 3 is 1.86 bits per heavy atom. The third-order valence-electron chi connectivity index (χ3n) is 5.32. The summed E-state index contributed by atoms with van der Waals surface area (Å²) in [6.07, 6.45) is 0. The van der Waals surface area contributed by atoms with E-state index in [9.17, 15) is 24.5 Å². The van der Waals surface area contributed by atoms with E-state index in [0.29, 0.717) is 11.4 Å². The molecule has 0 radical (unpaired) electrons. The Morgan fingerprint density at radius 2 is 1.28 bits per heavy atom. The van der Waals surface area contributed by atoms with E-state index in [1.807, 2.05) is 12.1 Å². The molecule has 0 saturated heterocycles. The van der Waals surface area contributed by atoms with Gasteiger partial charge < -0.3 is 4.74 Å². The third kappa shape index (κ3) is 5.34. The van der Waals surface area contributed by atoms with E-state index in [0.717, 1.165) is 6.07 Å². The van der Waals surface area contributed by atoms with Crippen molar-refractivity contribution in [1.82, 2.24) is 0 Å². The Kier molecular flexibility index (Phi) is 7.26. The fourth-order valence-corrected chi connectivity index (χ4v) is 3.59. The van der Waals surface area contributed by atoms with E-state index in [2.05, 4.69) is 0 Å². The van der Waals surface area contributed by atoms with Gasteiger partial charge in [-0.25, -0.2) is 4.79 Å². The zero-order valence-electron chi connectivity index (χ0n) is 18.9. The highest BCUT2D eigenvalue weighted by molar-refractivity contribution is 6.15. The van der Waals surface area contributed by atoms with Crippen LogP contribution in [0.5, 0.6) is 0 Å². The molecule has 0 N–H and O–H groups in total. The monoisotopic (exact) mass is 480 g/mol. The molecule has 0 aliphatic carbocycles. The molecule has 0 aliphatic heterocycles. The third-order valence-corrected chi connectivity index (χ3v) is 5.32. The number of Topliss-reactive ketones (excluding diaryl/α,β-unsaturated/α-hetero) is 1. The van der Waals surface area contributed by atoms with Crippen LogP contribution in [0.2, 0.25) is 0 Å². The summed E-state index contributed by atoms with van der Waals surface area (Å²) in [7, 11) is 0. The minimum absolute atomic E-state index is 0.00814.